The molecule has 1 saturated carbocycles. The Morgan fingerprint density at radius 2 is 1.70 bits per heavy atom. The summed E-state index contributed by atoms with van der Waals surface area (Å²) in [7, 11) is 0. The molecule has 1 aromatic rings. The standard InChI is InChI=1S/C16H19NO3/c18-11-12-4-6-13(7-5-12)17-14(19)10-16(15(17)20)8-2-1-3-9-16/h4-7,18H,1-3,8-11H2. The van der Waals surface area contributed by atoms with Crippen LogP contribution in [0.25, 0.3) is 0 Å². The molecule has 1 aliphatic heterocycles. The number of aliphatic hydroxyl groups excluding tert-OH is 1. The molecular formula is C16H19NO3. The van der Waals surface area contributed by atoms with Gasteiger partial charge in [0, 0.05) is 6.42 Å². The average Bonchev–Trinajstić information content (AvgIpc) is 2.71. The summed E-state index contributed by atoms with van der Waals surface area (Å²) in [4.78, 5) is 26.3. The topological polar surface area (TPSA) is 57.6 Å². The van der Waals surface area contributed by atoms with E-state index < -0.39 is 5.41 Å². The summed E-state index contributed by atoms with van der Waals surface area (Å²) in [6.07, 6.45) is 5.26. The van der Waals surface area contributed by atoms with Gasteiger partial charge in [0.25, 0.3) is 0 Å². The minimum atomic E-state index is -0.440. The Morgan fingerprint density at radius 3 is 2.30 bits per heavy atom. The first-order valence-corrected chi connectivity index (χ1v) is 7.23. The maximum Gasteiger partial charge on any atom is 0.240 e. The van der Waals surface area contributed by atoms with E-state index in [1.165, 1.54) is 4.90 Å². The minimum absolute atomic E-state index is 0.0288. The highest BCUT2D eigenvalue weighted by atomic mass is 16.3. The van der Waals surface area contributed by atoms with Crippen molar-refractivity contribution < 1.29 is 14.7 Å². The first kappa shape index (κ1) is 13.3. The Bertz CT molecular complexity index is 529. The number of hydrogen-bond donors (Lipinski definition) is 1. The Kier molecular flexibility index (Phi) is 3.34. The molecule has 2 aliphatic rings. The summed E-state index contributed by atoms with van der Waals surface area (Å²) < 4.78 is 0. The zero-order valence-corrected chi connectivity index (χ0v) is 11.5. The van der Waals surface area contributed by atoms with Gasteiger partial charge in [0.2, 0.25) is 11.8 Å². The van der Waals surface area contributed by atoms with Crippen molar-refractivity contribution in [1.29, 1.82) is 0 Å². The average molecular weight is 273 g/mol. The van der Waals surface area contributed by atoms with E-state index in [9.17, 15) is 9.59 Å². The molecule has 3 rings (SSSR count). The molecule has 0 radical (unpaired) electrons. The van der Waals surface area contributed by atoms with Gasteiger partial charge in [-0.1, -0.05) is 31.4 Å². The largest absolute Gasteiger partial charge is 0.392 e. The van der Waals surface area contributed by atoms with E-state index in [1.54, 1.807) is 24.3 Å². The normalized spacial score (nSPS) is 21.8. The van der Waals surface area contributed by atoms with Crippen LogP contribution in [0.3, 0.4) is 0 Å². The monoisotopic (exact) mass is 273 g/mol. The van der Waals surface area contributed by atoms with Crippen molar-refractivity contribution in [2.24, 2.45) is 5.41 Å². The molecule has 1 N–H and O–H groups in total. The van der Waals surface area contributed by atoms with Crippen molar-refractivity contribution in [1.82, 2.24) is 0 Å². The summed E-state index contributed by atoms with van der Waals surface area (Å²) in [6.45, 7) is -0.0356. The minimum Gasteiger partial charge on any atom is -0.392 e. The molecule has 4 nitrogen and oxygen atoms in total. The number of amides is 2. The van der Waals surface area contributed by atoms with Crippen LogP contribution in [-0.4, -0.2) is 16.9 Å². The van der Waals surface area contributed by atoms with Gasteiger partial charge >= 0.3 is 0 Å². The molecule has 1 aliphatic carbocycles. The lowest BCUT2D eigenvalue weighted by molar-refractivity contribution is -0.127. The zero-order chi connectivity index (χ0) is 14.2. The molecule has 20 heavy (non-hydrogen) atoms. The van der Waals surface area contributed by atoms with Crippen LogP contribution in [0.4, 0.5) is 5.69 Å². The fourth-order valence-electron chi connectivity index (χ4n) is 3.43. The van der Waals surface area contributed by atoms with Crippen molar-refractivity contribution in [2.75, 3.05) is 4.90 Å². The molecule has 106 valence electrons. The van der Waals surface area contributed by atoms with E-state index in [-0.39, 0.29) is 18.4 Å². The summed E-state index contributed by atoms with van der Waals surface area (Å²) in [6, 6.07) is 6.98. The van der Waals surface area contributed by atoms with Gasteiger partial charge in [0.15, 0.2) is 0 Å². The highest BCUT2D eigenvalue weighted by Crippen LogP contribution is 2.46. The number of rotatable bonds is 2. The third-order valence-corrected chi connectivity index (χ3v) is 4.58. The van der Waals surface area contributed by atoms with E-state index in [4.69, 9.17) is 5.11 Å². The number of carbonyl (C=O) groups is 2. The fourth-order valence-corrected chi connectivity index (χ4v) is 3.43. The number of nitrogens with zero attached hydrogens (tertiary/aromatic N) is 1. The smallest absolute Gasteiger partial charge is 0.240 e. The maximum atomic E-state index is 12.7. The molecule has 0 unspecified atom stereocenters. The maximum absolute atomic E-state index is 12.7. The second-order valence-corrected chi connectivity index (χ2v) is 5.88. The summed E-state index contributed by atoms with van der Waals surface area (Å²) in [5.74, 6) is -0.118. The van der Waals surface area contributed by atoms with Crippen LogP contribution in [0.15, 0.2) is 24.3 Å². The van der Waals surface area contributed by atoms with Gasteiger partial charge in [0.05, 0.1) is 17.7 Å². The van der Waals surface area contributed by atoms with Crippen molar-refractivity contribution in [3.05, 3.63) is 29.8 Å². The number of imide groups is 1. The van der Waals surface area contributed by atoms with Crippen molar-refractivity contribution in [3.8, 4) is 0 Å². The Hall–Kier alpha value is -1.68. The van der Waals surface area contributed by atoms with E-state index >= 15 is 0 Å². The zero-order valence-electron chi connectivity index (χ0n) is 11.5. The summed E-state index contributed by atoms with van der Waals surface area (Å²) in [5, 5.41) is 9.05. The molecule has 1 saturated heterocycles. The fraction of sp³-hybridized carbons (Fsp3) is 0.500. The van der Waals surface area contributed by atoms with E-state index in [0.29, 0.717) is 12.1 Å². The SMILES string of the molecule is O=C1CC2(CCCCC2)C(=O)N1c1ccc(CO)cc1. The Balaban J connectivity index is 1.89. The second kappa shape index (κ2) is 5.02. The predicted octanol–water partition coefficient (Wildman–Crippen LogP) is 2.39. The lowest BCUT2D eigenvalue weighted by Crippen LogP contribution is -2.36. The first-order chi connectivity index (χ1) is 9.66. The van der Waals surface area contributed by atoms with E-state index in [0.717, 1.165) is 37.7 Å². The van der Waals surface area contributed by atoms with Crippen molar-refractivity contribution in [2.45, 2.75) is 45.1 Å². The quantitative estimate of drug-likeness (QED) is 0.842. The highest BCUT2D eigenvalue weighted by Gasteiger charge is 2.51. The number of anilines is 1. The van der Waals surface area contributed by atoms with Crippen LogP contribution in [0.2, 0.25) is 0 Å². The van der Waals surface area contributed by atoms with E-state index in [1.807, 2.05) is 0 Å². The number of hydrogen-bond acceptors (Lipinski definition) is 3. The third kappa shape index (κ3) is 2.04. The van der Waals surface area contributed by atoms with Gasteiger partial charge in [-0.3, -0.25) is 14.5 Å². The number of aliphatic hydroxyl groups is 1. The molecule has 0 aromatic heterocycles. The number of benzene rings is 1. The van der Waals surface area contributed by atoms with Gasteiger partial charge in [-0.05, 0) is 30.5 Å². The van der Waals surface area contributed by atoms with Gasteiger partial charge in [-0.25, -0.2) is 0 Å². The lowest BCUT2D eigenvalue weighted by Gasteiger charge is -2.30. The van der Waals surface area contributed by atoms with Gasteiger partial charge < -0.3 is 5.11 Å². The molecular weight excluding hydrogens is 254 g/mol. The van der Waals surface area contributed by atoms with Crippen LogP contribution in [0.5, 0.6) is 0 Å². The Labute approximate surface area is 118 Å². The van der Waals surface area contributed by atoms with Crippen LogP contribution >= 0.6 is 0 Å². The molecule has 4 heteroatoms. The van der Waals surface area contributed by atoms with Crippen LogP contribution in [0, 0.1) is 5.41 Å². The number of carbonyl (C=O) groups excluding carboxylic acids is 2. The van der Waals surface area contributed by atoms with Gasteiger partial charge in [-0.15, -0.1) is 0 Å². The second-order valence-electron chi connectivity index (χ2n) is 5.88. The molecule has 2 amide bonds. The van der Waals surface area contributed by atoms with Crippen LogP contribution in [-0.2, 0) is 16.2 Å². The Morgan fingerprint density at radius 1 is 1.05 bits per heavy atom. The van der Waals surface area contributed by atoms with Gasteiger partial charge in [0.1, 0.15) is 0 Å². The van der Waals surface area contributed by atoms with E-state index in [2.05, 4.69) is 0 Å². The predicted molar refractivity (Wildman–Crippen MR) is 75.0 cm³/mol. The molecule has 1 spiro atoms. The third-order valence-electron chi connectivity index (χ3n) is 4.58. The molecule has 1 aromatic carbocycles. The lowest BCUT2D eigenvalue weighted by atomic mass is 9.73. The summed E-state index contributed by atoms with van der Waals surface area (Å²) >= 11 is 0. The molecule has 0 bridgehead atoms. The molecule has 0 atom stereocenters. The van der Waals surface area contributed by atoms with Crippen molar-refractivity contribution >= 4 is 17.5 Å². The van der Waals surface area contributed by atoms with Crippen LogP contribution in [0.1, 0.15) is 44.1 Å². The highest BCUT2D eigenvalue weighted by molar-refractivity contribution is 6.22. The molecule has 1 heterocycles. The van der Waals surface area contributed by atoms with Crippen molar-refractivity contribution in [3.63, 3.8) is 0 Å². The molecule has 2 fully saturated rings. The first-order valence-electron chi connectivity index (χ1n) is 7.23. The summed E-state index contributed by atoms with van der Waals surface area (Å²) in [5.41, 5.74) is 0.963. The van der Waals surface area contributed by atoms with Crippen LogP contribution < -0.4 is 4.90 Å². The van der Waals surface area contributed by atoms with Gasteiger partial charge in [-0.2, -0.15) is 0 Å².